The number of hydrogen-bond acceptors (Lipinski definition) is 4. The average molecular weight is 324 g/mol. The molecule has 0 amide bonds. The minimum absolute atomic E-state index is 0. The molecule has 0 bridgehead atoms. The molecule has 0 saturated carbocycles. The van der Waals surface area contributed by atoms with Crippen molar-refractivity contribution in [3.8, 4) is 0 Å². The molecular weight excluding hydrogens is 321 g/mol. The summed E-state index contributed by atoms with van der Waals surface area (Å²) in [5.41, 5.74) is 0. The van der Waals surface area contributed by atoms with Crippen LogP contribution in [0.15, 0.2) is 0 Å². The van der Waals surface area contributed by atoms with E-state index in [9.17, 15) is 0 Å². The average Bonchev–Trinajstić information content (AvgIpc) is 1.41. The second-order valence-corrected chi connectivity index (χ2v) is 0.346. The van der Waals surface area contributed by atoms with E-state index in [4.69, 9.17) is 16.2 Å². The Balaban J connectivity index is -0.0000000480. The Morgan fingerprint density at radius 1 is 1.14 bits per heavy atom. The van der Waals surface area contributed by atoms with E-state index in [1.54, 1.807) is 0 Å². The minimum Gasteiger partial charge on any atom is 0 e. The minimum atomic E-state index is -2.17. The van der Waals surface area contributed by atoms with Crippen LogP contribution in [0.25, 0.3) is 0 Å². The summed E-state index contributed by atoms with van der Waals surface area (Å²) < 4.78 is 8.28. The van der Waals surface area contributed by atoms with E-state index in [2.05, 4.69) is 0 Å². The van der Waals surface area contributed by atoms with Gasteiger partial charge in [-0.3, -0.25) is 0 Å². The van der Waals surface area contributed by atoms with Crippen LogP contribution < -0.4 is 0 Å². The van der Waals surface area contributed by atoms with E-state index >= 15 is 0 Å². The monoisotopic (exact) mass is 325 g/mol. The number of rotatable bonds is 0. The normalized spacial score (nSPS) is 4.57. The largest absolute Gasteiger partial charge is 0 e. The zero-order valence-electron chi connectivity index (χ0n) is 3.26. The predicted octanol–water partition coefficient (Wildman–Crippen LogP) is -2.17. The third kappa shape index (κ3) is 65.9. The van der Waals surface area contributed by atoms with E-state index in [1.807, 2.05) is 0 Å². The quantitative estimate of drug-likeness (QED) is 0.443. The second kappa shape index (κ2) is 15.7. The summed E-state index contributed by atoms with van der Waals surface area (Å²) in [6, 6.07) is 0. The van der Waals surface area contributed by atoms with E-state index in [0.29, 0.717) is 38.0 Å². The van der Waals surface area contributed by atoms with Crippen LogP contribution in [0.1, 0.15) is 0 Å². The fourth-order valence-electron chi connectivity index (χ4n) is 0. The molecule has 0 saturated heterocycles. The molecular formula is H3BGdO4Y. The third-order valence-electron chi connectivity index (χ3n) is 0. The van der Waals surface area contributed by atoms with Crippen molar-refractivity contribution < 1.29 is 87.0 Å². The van der Waals surface area contributed by atoms with Gasteiger partial charge >= 0.3 is 46.5 Å². The van der Waals surface area contributed by atoms with Crippen molar-refractivity contribution in [2.24, 2.45) is 0 Å². The topological polar surface area (TPSA) is 77.8 Å². The van der Waals surface area contributed by atoms with Gasteiger partial charge in [-0.1, -0.05) is 0 Å². The molecule has 7 heavy (non-hydrogen) atoms. The molecule has 0 fully saturated rings. The Morgan fingerprint density at radius 2 is 1.14 bits per heavy atom. The summed E-state index contributed by atoms with van der Waals surface area (Å²) in [4.78, 5) is 0. The maximum atomic E-state index is 8.28. The molecule has 0 unspecified atom stereocenters. The third-order valence-corrected chi connectivity index (χ3v) is 0. The van der Waals surface area contributed by atoms with Gasteiger partial charge in [0.05, 0.1) is 0 Å². The van der Waals surface area contributed by atoms with Gasteiger partial charge in [-0.2, -0.15) is 0 Å². The first kappa shape index (κ1) is 16.1. The summed E-state index contributed by atoms with van der Waals surface area (Å²) in [6.45, 7) is 0. The van der Waals surface area contributed by atoms with Crippen LogP contribution >= 0.6 is 0 Å². The fourth-order valence-corrected chi connectivity index (χ4v) is 0. The second-order valence-electron chi connectivity index (χ2n) is 0.346. The summed E-state index contributed by atoms with van der Waals surface area (Å²) in [7, 11) is -2.17. The van der Waals surface area contributed by atoms with E-state index in [1.165, 1.54) is 0 Å². The summed E-state index contributed by atoms with van der Waals surface area (Å²) >= 11 is 0.611. The van der Waals surface area contributed by atoms with Crippen LogP contribution in [0.4, 0.5) is 0 Å². The van der Waals surface area contributed by atoms with Gasteiger partial charge in [0.2, 0.25) is 0 Å². The Kier molecular flexibility index (Phi) is 36.1. The Labute approximate surface area is 92.5 Å². The Morgan fingerprint density at radius 3 is 1.14 bits per heavy atom. The van der Waals surface area contributed by atoms with E-state index < -0.39 is 7.32 Å². The first-order valence-corrected chi connectivity index (χ1v) is 1.85. The van der Waals surface area contributed by atoms with E-state index in [-0.39, 0.29) is 32.7 Å². The molecule has 7 heteroatoms. The van der Waals surface area contributed by atoms with Crippen molar-refractivity contribution in [2.75, 3.05) is 0 Å². The molecule has 1 radical (unpaired) electrons. The SMILES string of the molecule is OB(O)O.[O]=[Gd].[Y]. The van der Waals surface area contributed by atoms with Crippen LogP contribution in [-0.2, 0) is 33.9 Å². The molecule has 0 aromatic heterocycles. The van der Waals surface area contributed by atoms with Crippen molar-refractivity contribution in [3.63, 3.8) is 0 Å². The standard InChI is InChI=1S/BH3O3.Gd.O.Y/c2-1(3)4;;;/h2-4H;;;. The molecule has 0 spiro atoms. The predicted molar refractivity (Wildman–Crippen MR) is 13.1 cm³/mol. The maximum absolute atomic E-state index is 8.28. The molecule has 0 aliphatic carbocycles. The molecule has 41 valence electrons. The molecule has 0 aromatic carbocycles. The van der Waals surface area contributed by atoms with Crippen molar-refractivity contribution >= 4 is 7.32 Å². The first-order chi connectivity index (χ1) is 2.73. The van der Waals surface area contributed by atoms with Gasteiger partial charge in [-0.05, 0) is 0 Å². The van der Waals surface area contributed by atoms with Gasteiger partial charge in [-0.15, -0.1) is 0 Å². The Bertz CT molecular complexity index is 22.9. The molecule has 4 nitrogen and oxygen atoms in total. The zero-order chi connectivity index (χ0) is 5.58. The Hall–Kier alpha value is 2.17. The first-order valence-electron chi connectivity index (χ1n) is 0.919. The van der Waals surface area contributed by atoms with Crippen LogP contribution in [0.2, 0.25) is 0 Å². The van der Waals surface area contributed by atoms with Crippen LogP contribution in [0, 0.1) is 38.0 Å². The molecule has 0 aromatic rings. The molecule has 0 aliphatic rings. The van der Waals surface area contributed by atoms with Crippen molar-refractivity contribution in [2.45, 2.75) is 0 Å². The van der Waals surface area contributed by atoms with Crippen molar-refractivity contribution in [1.29, 1.82) is 0 Å². The molecule has 3 N–H and O–H groups in total. The van der Waals surface area contributed by atoms with Gasteiger partial charge in [0.25, 0.3) is 0 Å². The van der Waals surface area contributed by atoms with Crippen LogP contribution in [-0.4, -0.2) is 22.4 Å². The van der Waals surface area contributed by atoms with Gasteiger partial charge in [0.1, 0.15) is 0 Å². The zero-order valence-corrected chi connectivity index (χ0v) is 8.36. The van der Waals surface area contributed by atoms with Crippen LogP contribution in [0.3, 0.4) is 0 Å². The summed E-state index contributed by atoms with van der Waals surface area (Å²) in [5.74, 6) is 0. The van der Waals surface area contributed by atoms with Gasteiger partial charge in [0.15, 0.2) is 0 Å². The summed E-state index contributed by atoms with van der Waals surface area (Å²) in [6.07, 6.45) is 0. The van der Waals surface area contributed by atoms with E-state index in [0.717, 1.165) is 0 Å². The molecule has 0 heterocycles. The number of hydrogen-bond donors (Lipinski definition) is 3. The van der Waals surface area contributed by atoms with Gasteiger partial charge in [-0.25, -0.2) is 0 Å². The van der Waals surface area contributed by atoms with Crippen molar-refractivity contribution in [1.82, 2.24) is 0 Å². The van der Waals surface area contributed by atoms with Gasteiger partial charge in [0, 0.05) is 32.7 Å². The fraction of sp³-hybridized carbons (Fsp3) is 0. The summed E-state index contributed by atoms with van der Waals surface area (Å²) in [5, 5.41) is 21.5. The molecule has 0 rings (SSSR count). The molecule has 0 atom stereocenters. The molecule has 0 aliphatic heterocycles. The smallest absolute Gasteiger partial charge is 0 e. The van der Waals surface area contributed by atoms with Crippen molar-refractivity contribution in [3.05, 3.63) is 0 Å². The van der Waals surface area contributed by atoms with Gasteiger partial charge < -0.3 is 15.1 Å². The van der Waals surface area contributed by atoms with Crippen LogP contribution in [0.5, 0.6) is 0 Å². The maximum Gasteiger partial charge on any atom is 0 e.